The van der Waals surface area contributed by atoms with Crippen LogP contribution in [0.3, 0.4) is 0 Å². The summed E-state index contributed by atoms with van der Waals surface area (Å²) in [5.41, 5.74) is 11.3. The molecule has 178 valence electrons. The average molecular weight is 469 g/mol. The van der Waals surface area contributed by atoms with Crippen LogP contribution in [-0.4, -0.2) is 9.97 Å². The number of aromatic amines is 1. The molecule has 0 amide bonds. The molecule has 0 radical (unpaired) electrons. The largest absolute Gasteiger partial charge is 0.313 e. The van der Waals surface area contributed by atoms with E-state index in [0.717, 1.165) is 67.1 Å². The maximum atomic E-state index is 4.53. The van der Waals surface area contributed by atoms with Crippen LogP contribution in [0.1, 0.15) is 40.6 Å². The van der Waals surface area contributed by atoms with Crippen molar-refractivity contribution in [2.45, 2.75) is 20.3 Å². The van der Waals surface area contributed by atoms with Gasteiger partial charge in [-0.05, 0) is 71.4 Å². The van der Waals surface area contributed by atoms with Crippen LogP contribution in [-0.2, 0) is 6.42 Å². The molecule has 0 unspecified atom stereocenters. The van der Waals surface area contributed by atoms with Crippen molar-refractivity contribution >= 4 is 22.8 Å². The van der Waals surface area contributed by atoms with Crippen LogP contribution in [0.2, 0.25) is 0 Å². The second kappa shape index (κ2) is 11.7. The summed E-state index contributed by atoms with van der Waals surface area (Å²) < 4.78 is 0. The zero-order valence-electron chi connectivity index (χ0n) is 21.2. The molecular weight excluding hydrogens is 436 g/mol. The van der Waals surface area contributed by atoms with E-state index in [0.29, 0.717) is 6.42 Å². The molecule has 2 nitrogen and oxygen atoms in total. The number of nitrogens with zero attached hydrogens (tertiary/aromatic N) is 1. The van der Waals surface area contributed by atoms with Gasteiger partial charge in [-0.25, -0.2) is 0 Å². The highest BCUT2D eigenvalue weighted by atomic mass is 14.7. The van der Waals surface area contributed by atoms with Crippen molar-refractivity contribution in [2.75, 3.05) is 0 Å². The molecule has 0 aliphatic heterocycles. The minimum Gasteiger partial charge on any atom is -0.313 e. The van der Waals surface area contributed by atoms with Gasteiger partial charge in [-0.2, -0.15) is 0 Å². The van der Waals surface area contributed by atoms with Crippen LogP contribution in [0.15, 0.2) is 117 Å². The maximum Gasteiger partial charge on any atom is 0.0770 e. The van der Waals surface area contributed by atoms with Gasteiger partial charge < -0.3 is 4.98 Å². The van der Waals surface area contributed by atoms with E-state index in [4.69, 9.17) is 0 Å². The Kier molecular flexibility index (Phi) is 8.44. The van der Waals surface area contributed by atoms with Crippen molar-refractivity contribution in [3.8, 4) is 0 Å². The van der Waals surface area contributed by atoms with Crippen LogP contribution in [0.4, 0.5) is 0 Å². The van der Waals surface area contributed by atoms with E-state index in [2.05, 4.69) is 73.8 Å². The number of hydrogen-bond acceptors (Lipinski definition) is 1. The van der Waals surface area contributed by atoms with Crippen LogP contribution in [0.25, 0.3) is 22.8 Å². The van der Waals surface area contributed by atoms with E-state index < -0.39 is 0 Å². The highest BCUT2D eigenvalue weighted by Gasteiger charge is 2.20. The Labute approximate surface area is 215 Å². The first-order valence-electron chi connectivity index (χ1n) is 11.7. The monoisotopic (exact) mass is 468 g/mol. The molecule has 2 heterocycles. The van der Waals surface area contributed by atoms with E-state index in [9.17, 15) is 0 Å². The highest BCUT2D eigenvalue weighted by Crippen LogP contribution is 2.38. The number of allylic oxidation sites excluding steroid dienone is 9. The lowest BCUT2D eigenvalue weighted by Gasteiger charge is -2.21. The van der Waals surface area contributed by atoms with Gasteiger partial charge >= 0.3 is 0 Å². The van der Waals surface area contributed by atoms with E-state index in [1.165, 1.54) is 0 Å². The number of hydrogen-bond donors (Lipinski definition) is 1. The number of H-pyrrole nitrogens is 1. The summed E-state index contributed by atoms with van der Waals surface area (Å²) in [5, 5.41) is 0. The molecular formula is C34H32N2. The van der Waals surface area contributed by atoms with Gasteiger partial charge in [0.15, 0.2) is 0 Å². The molecule has 3 aromatic rings. The highest BCUT2D eigenvalue weighted by molar-refractivity contribution is 5.99. The van der Waals surface area contributed by atoms with Crippen molar-refractivity contribution in [3.63, 3.8) is 0 Å². The molecule has 0 saturated carbocycles. The van der Waals surface area contributed by atoms with Gasteiger partial charge in [-0.1, -0.05) is 94.1 Å². The van der Waals surface area contributed by atoms with E-state index in [1.807, 2.05) is 50.3 Å². The summed E-state index contributed by atoms with van der Waals surface area (Å²) in [7, 11) is 0. The SMILES string of the molecule is C=C/C=C(/C(C(=C)c1[nH]c#cc1C)=C(\C)C=C)c1ccccc1CC(=C)C(=C)c1ncccc1C=C. The molecule has 0 spiro atoms. The molecule has 0 aliphatic rings. The average Bonchev–Trinajstić information content (AvgIpc) is 3.33. The van der Waals surface area contributed by atoms with Gasteiger partial charge in [0, 0.05) is 29.1 Å². The van der Waals surface area contributed by atoms with Crippen LogP contribution in [0, 0.1) is 19.2 Å². The predicted octanol–water partition coefficient (Wildman–Crippen LogP) is 8.56. The summed E-state index contributed by atoms with van der Waals surface area (Å²) in [4.78, 5) is 7.69. The molecule has 0 fully saturated rings. The summed E-state index contributed by atoms with van der Waals surface area (Å²) in [6, 6.07) is 15.2. The van der Waals surface area contributed by atoms with Gasteiger partial charge in [0.1, 0.15) is 0 Å². The zero-order valence-corrected chi connectivity index (χ0v) is 21.2. The quantitative estimate of drug-likeness (QED) is 0.281. The van der Waals surface area contributed by atoms with E-state index >= 15 is 0 Å². The molecule has 0 saturated heterocycles. The van der Waals surface area contributed by atoms with Crippen molar-refractivity contribution in [3.05, 3.63) is 163 Å². The third kappa shape index (κ3) is 5.37. The molecule has 0 bridgehead atoms. The molecule has 0 aliphatic carbocycles. The van der Waals surface area contributed by atoms with Gasteiger partial charge in [-0.3, -0.25) is 4.98 Å². The fourth-order valence-corrected chi connectivity index (χ4v) is 4.19. The van der Waals surface area contributed by atoms with Gasteiger partial charge in [0.25, 0.3) is 0 Å². The number of pyridine rings is 1. The Hall–Kier alpha value is -4.61. The lowest BCUT2D eigenvalue weighted by atomic mass is 9.83. The molecule has 2 aromatic heterocycles. The summed E-state index contributed by atoms with van der Waals surface area (Å²) in [6.45, 7) is 29.0. The van der Waals surface area contributed by atoms with Crippen molar-refractivity contribution < 1.29 is 0 Å². The Morgan fingerprint density at radius 3 is 2.42 bits per heavy atom. The fourth-order valence-electron chi connectivity index (χ4n) is 4.19. The minimum atomic E-state index is 0.604. The fraction of sp³-hybridized carbons (Fsp3) is 0.0882. The number of benzene rings is 1. The first-order valence-corrected chi connectivity index (χ1v) is 11.7. The van der Waals surface area contributed by atoms with Crippen LogP contribution in [0.5, 0.6) is 0 Å². The number of rotatable bonds is 11. The Bertz CT molecular complexity index is 1420. The first-order chi connectivity index (χ1) is 17.3. The smallest absolute Gasteiger partial charge is 0.0770 e. The molecule has 3 rings (SSSR count). The molecule has 0 atom stereocenters. The van der Waals surface area contributed by atoms with Gasteiger partial charge in [-0.15, -0.1) is 0 Å². The third-order valence-electron chi connectivity index (χ3n) is 6.15. The zero-order chi connectivity index (χ0) is 26.2. The van der Waals surface area contributed by atoms with Gasteiger partial charge in [0.2, 0.25) is 0 Å². The van der Waals surface area contributed by atoms with E-state index in [1.54, 1.807) is 18.3 Å². The first kappa shape index (κ1) is 26.0. The molecule has 2 heteroatoms. The van der Waals surface area contributed by atoms with Crippen molar-refractivity contribution in [1.82, 2.24) is 9.97 Å². The van der Waals surface area contributed by atoms with Crippen molar-refractivity contribution in [1.29, 1.82) is 0 Å². The second-order valence-corrected chi connectivity index (χ2v) is 8.49. The molecule has 36 heavy (non-hydrogen) atoms. The third-order valence-corrected chi connectivity index (χ3v) is 6.15. The topological polar surface area (TPSA) is 28.7 Å². The second-order valence-electron chi connectivity index (χ2n) is 8.49. The van der Waals surface area contributed by atoms with Crippen LogP contribution >= 0.6 is 0 Å². The normalized spacial score (nSPS) is 11.7. The number of nitrogens with one attached hydrogen (secondary N) is 1. The lowest BCUT2D eigenvalue weighted by molar-refractivity contribution is 1.17. The van der Waals surface area contributed by atoms with Crippen molar-refractivity contribution in [2.24, 2.45) is 0 Å². The standard InChI is InChI=1S/C34H32N2/c1-9-15-31(32(23(4)10-2)27(8)33-24(5)19-21-36-33)30-18-13-12-16-29(30)22-25(6)26(7)34-28(11-3)17-14-20-35-34/h9-18,20,36H,1-3,6-8,22H2,4-5H3/b31-15+,32-23+. The predicted molar refractivity (Wildman–Crippen MR) is 156 cm³/mol. The lowest BCUT2D eigenvalue weighted by Crippen LogP contribution is -2.03. The summed E-state index contributed by atoms with van der Waals surface area (Å²) in [6.07, 6.45) is 12.8. The van der Waals surface area contributed by atoms with Crippen LogP contribution < -0.4 is 0 Å². The molecule has 1 aromatic carbocycles. The van der Waals surface area contributed by atoms with E-state index in [-0.39, 0.29) is 0 Å². The summed E-state index contributed by atoms with van der Waals surface area (Å²) >= 11 is 0. The Morgan fingerprint density at radius 1 is 1.03 bits per heavy atom. The minimum absolute atomic E-state index is 0.604. The maximum absolute atomic E-state index is 4.53. The molecule has 1 N–H and O–H groups in total. The van der Waals surface area contributed by atoms with Gasteiger partial charge in [0.05, 0.1) is 11.4 Å². The Morgan fingerprint density at radius 2 is 1.78 bits per heavy atom. The summed E-state index contributed by atoms with van der Waals surface area (Å²) in [5.74, 6) is 0. The Balaban J connectivity index is 2.09. The number of aromatic nitrogens is 2.